The number of carbonyl (C=O) groups is 1. The molecule has 1 fully saturated rings. The average molecular weight is 172 g/mol. The van der Waals surface area contributed by atoms with Crippen LogP contribution in [0.5, 0.6) is 0 Å². The largest absolute Gasteiger partial charge is 0.294 e. The molecule has 0 radical (unpaired) electrons. The van der Waals surface area contributed by atoms with E-state index in [1.807, 2.05) is 18.2 Å². The second-order valence-corrected chi connectivity index (χ2v) is 4.16. The van der Waals surface area contributed by atoms with Gasteiger partial charge in [-0.15, -0.1) is 0 Å². The van der Waals surface area contributed by atoms with Crippen LogP contribution in [-0.4, -0.2) is 5.78 Å². The summed E-state index contributed by atoms with van der Waals surface area (Å²) in [6, 6.07) is 8.13. The van der Waals surface area contributed by atoms with Gasteiger partial charge in [0, 0.05) is 11.5 Å². The Balaban J connectivity index is 2.22. The number of hydrogen-bond acceptors (Lipinski definition) is 1. The average Bonchev–Trinajstić information content (AvgIpc) is 2.61. The second kappa shape index (κ2) is 2.44. The SMILES string of the molecule is O=C1c2ccccc2C2CCC1C2. The van der Waals surface area contributed by atoms with Gasteiger partial charge in [-0.05, 0) is 30.7 Å². The van der Waals surface area contributed by atoms with E-state index >= 15 is 0 Å². The van der Waals surface area contributed by atoms with Gasteiger partial charge < -0.3 is 0 Å². The molecule has 1 saturated carbocycles. The van der Waals surface area contributed by atoms with Crippen molar-refractivity contribution in [1.82, 2.24) is 0 Å². The maximum Gasteiger partial charge on any atom is 0.166 e. The third-order valence-electron chi connectivity index (χ3n) is 3.47. The topological polar surface area (TPSA) is 17.1 Å². The van der Waals surface area contributed by atoms with E-state index in [0.29, 0.717) is 17.6 Å². The highest BCUT2D eigenvalue weighted by atomic mass is 16.1. The van der Waals surface area contributed by atoms with Crippen molar-refractivity contribution in [2.75, 3.05) is 0 Å². The highest BCUT2D eigenvalue weighted by molar-refractivity contribution is 6.01. The second-order valence-electron chi connectivity index (χ2n) is 4.16. The molecule has 1 aromatic rings. The zero-order valence-electron chi connectivity index (χ0n) is 7.49. The van der Waals surface area contributed by atoms with Crippen LogP contribution in [0.2, 0.25) is 0 Å². The summed E-state index contributed by atoms with van der Waals surface area (Å²) >= 11 is 0. The molecule has 1 heteroatoms. The summed E-state index contributed by atoms with van der Waals surface area (Å²) in [5.41, 5.74) is 2.31. The van der Waals surface area contributed by atoms with Gasteiger partial charge in [0.05, 0.1) is 0 Å². The quantitative estimate of drug-likeness (QED) is 0.588. The molecule has 13 heavy (non-hydrogen) atoms. The molecular weight excluding hydrogens is 160 g/mol. The molecule has 66 valence electrons. The van der Waals surface area contributed by atoms with Crippen LogP contribution in [0.25, 0.3) is 0 Å². The summed E-state index contributed by atoms with van der Waals surface area (Å²) in [6.45, 7) is 0. The van der Waals surface area contributed by atoms with Crippen molar-refractivity contribution >= 4 is 5.78 Å². The molecule has 1 nitrogen and oxygen atoms in total. The first-order chi connectivity index (χ1) is 6.36. The van der Waals surface area contributed by atoms with Crippen molar-refractivity contribution in [3.63, 3.8) is 0 Å². The molecule has 0 heterocycles. The lowest BCUT2D eigenvalue weighted by molar-refractivity contribution is 0.0914. The molecule has 0 saturated heterocycles. The maximum atomic E-state index is 11.9. The van der Waals surface area contributed by atoms with Crippen molar-refractivity contribution in [3.05, 3.63) is 35.4 Å². The van der Waals surface area contributed by atoms with Crippen molar-refractivity contribution in [1.29, 1.82) is 0 Å². The van der Waals surface area contributed by atoms with Crippen molar-refractivity contribution in [2.24, 2.45) is 5.92 Å². The predicted octanol–water partition coefficient (Wildman–Crippen LogP) is 2.77. The number of hydrogen-bond donors (Lipinski definition) is 0. The fourth-order valence-electron chi connectivity index (χ4n) is 2.80. The number of Topliss-reactive ketones (excluding diaryl/α,β-unsaturated/α-hetero) is 1. The molecule has 0 aromatic heterocycles. The van der Waals surface area contributed by atoms with Crippen LogP contribution in [-0.2, 0) is 0 Å². The zero-order chi connectivity index (χ0) is 8.84. The fraction of sp³-hybridized carbons (Fsp3) is 0.417. The molecule has 1 aromatic carbocycles. The number of ketones is 1. The third kappa shape index (κ3) is 0.902. The molecule has 2 aliphatic carbocycles. The maximum absolute atomic E-state index is 11.9. The van der Waals surface area contributed by atoms with E-state index in [-0.39, 0.29) is 0 Å². The number of rotatable bonds is 0. The minimum atomic E-state index is 0.347. The summed E-state index contributed by atoms with van der Waals surface area (Å²) in [6.07, 6.45) is 3.43. The van der Waals surface area contributed by atoms with Crippen LogP contribution in [0.4, 0.5) is 0 Å². The van der Waals surface area contributed by atoms with Gasteiger partial charge >= 0.3 is 0 Å². The van der Waals surface area contributed by atoms with Crippen LogP contribution in [0, 0.1) is 5.92 Å². The Bertz CT molecular complexity index is 367. The molecule has 2 atom stereocenters. The zero-order valence-corrected chi connectivity index (χ0v) is 7.49. The summed E-state index contributed by atoms with van der Waals surface area (Å²) in [5.74, 6) is 1.42. The van der Waals surface area contributed by atoms with Gasteiger partial charge in [0.2, 0.25) is 0 Å². The lowest BCUT2D eigenvalue weighted by atomic mass is 9.82. The first-order valence-electron chi connectivity index (χ1n) is 4.99. The van der Waals surface area contributed by atoms with Crippen molar-refractivity contribution in [3.8, 4) is 0 Å². The molecular formula is C12H12O. The molecule has 3 rings (SSSR count). The number of fused-ring (bicyclic) bond motifs is 4. The number of benzene rings is 1. The minimum absolute atomic E-state index is 0.347. The van der Waals surface area contributed by atoms with Crippen LogP contribution in [0.15, 0.2) is 24.3 Å². The summed E-state index contributed by atoms with van der Waals surface area (Å²) < 4.78 is 0. The summed E-state index contributed by atoms with van der Waals surface area (Å²) in [5, 5.41) is 0. The molecule has 0 amide bonds. The van der Waals surface area contributed by atoms with Gasteiger partial charge in [-0.25, -0.2) is 0 Å². The Labute approximate surface area is 77.8 Å². The van der Waals surface area contributed by atoms with Crippen LogP contribution >= 0.6 is 0 Å². The summed E-state index contributed by atoms with van der Waals surface area (Å²) in [4.78, 5) is 11.9. The van der Waals surface area contributed by atoms with E-state index in [0.717, 1.165) is 18.4 Å². The lowest BCUT2D eigenvalue weighted by Crippen LogP contribution is -2.18. The van der Waals surface area contributed by atoms with Gasteiger partial charge in [-0.1, -0.05) is 24.3 Å². The van der Waals surface area contributed by atoms with Gasteiger partial charge in [-0.2, -0.15) is 0 Å². The monoisotopic (exact) mass is 172 g/mol. The van der Waals surface area contributed by atoms with E-state index in [1.165, 1.54) is 12.0 Å². The minimum Gasteiger partial charge on any atom is -0.294 e. The van der Waals surface area contributed by atoms with Crippen molar-refractivity contribution in [2.45, 2.75) is 25.2 Å². The van der Waals surface area contributed by atoms with Gasteiger partial charge in [-0.3, -0.25) is 4.79 Å². The lowest BCUT2D eigenvalue weighted by Gasteiger charge is -2.21. The Kier molecular flexibility index (Phi) is 1.37. The number of carbonyl (C=O) groups excluding carboxylic acids is 1. The van der Waals surface area contributed by atoms with Crippen LogP contribution in [0.3, 0.4) is 0 Å². The van der Waals surface area contributed by atoms with Gasteiger partial charge in [0.1, 0.15) is 0 Å². The highest BCUT2D eigenvalue weighted by Gasteiger charge is 2.37. The fourth-order valence-corrected chi connectivity index (χ4v) is 2.80. The summed E-state index contributed by atoms with van der Waals surface area (Å²) in [7, 11) is 0. The molecule has 0 aliphatic heterocycles. The van der Waals surface area contributed by atoms with Gasteiger partial charge in [0.25, 0.3) is 0 Å². The normalized spacial score (nSPS) is 30.3. The van der Waals surface area contributed by atoms with Gasteiger partial charge in [0.15, 0.2) is 5.78 Å². The predicted molar refractivity (Wildman–Crippen MR) is 50.9 cm³/mol. The van der Waals surface area contributed by atoms with E-state index in [2.05, 4.69) is 6.07 Å². The standard InChI is InChI=1S/C12H12O/c13-12-9-6-5-8(7-9)10-3-1-2-4-11(10)12/h1-4,8-9H,5-7H2. The first-order valence-corrected chi connectivity index (χ1v) is 4.99. The van der Waals surface area contributed by atoms with E-state index in [4.69, 9.17) is 0 Å². The molecule has 0 spiro atoms. The first kappa shape index (κ1) is 7.31. The van der Waals surface area contributed by atoms with E-state index in [1.54, 1.807) is 0 Å². The smallest absolute Gasteiger partial charge is 0.166 e. The Hall–Kier alpha value is -1.11. The molecule has 2 aliphatic rings. The molecule has 0 N–H and O–H groups in total. The van der Waals surface area contributed by atoms with Crippen LogP contribution < -0.4 is 0 Å². The van der Waals surface area contributed by atoms with E-state index in [9.17, 15) is 4.79 Å². The van der Waals surface area contributed by atoms with Crippen molar-refractivity contribution < 1.29 is 4.79 Å². The molecule has 2 bridgehead atoms. The Morgan fingerprint density at radius 3 is 2.77 bits per heavy atom. The Morgan fingerprint density at radius 2 is 1.85 bits per heavy atom. The Morgan fingerprint density at radius 1 is 1.08 bits per heavy atom. The van der Waals surface area contributed by atoms with E-state index < -0.39 is 0 Å². The molecule has 2 unspecified atom stereocenters. The highest BCUT2D eigenvalue weighted by Crippen LogP contribution is 2.45. The van der Waals surface area contributed by atoms with Crippen LogP contribution in [0.1, 0.15) is 41.1 Å². The third-order valence-corrected chi connectivity index (χ3v) is 3.47.